The Balaban J connectivity index is 1.46. The van der Waals surface area contributed by atoms with Gasteiger partial charge in [0.2, 0.25) is 11.8 Å². The predicted molar refractivity (Wildman–Crippen MR) is 103 cm³/mol. The molecule has 0 atom stereocenters. The summed E-state index contributed by atoms with van der Waals surface area (Å²) in [6.07, 6.45) is 0.371. The second kappa shape index (κ2) is 9.32. The van der Waals surface area contributed by atoms with E-state index >= 15 is 0 Å². The van der Waals surface area contributed by atoms with Crippen molar-refractivity contribution in [2.24, 2.45) is 0 Å². The maximum Gasteiger partial charge on any atom is 0.224 e. The molecule has 1 saturated heterocycles. The first-order valence-electron chi connectivity index (χ1n) is 9.23. The van der Waals surface area contributed by atoms with Crippen LogP contribution >= 0.6 is 0 Å². The van der Waals surface area contributed by atoms with E-state index < -0.39 is 0 Å². The van der Waals surface area contributed by atoms with Crippen LogP contribution in [0.15, 0.2) is 30.3 Å². The van der Waals surface area contributed by atoms with Crippen LogP contribution in [0.2, 0.25) is 0 Å². The fraction of sp³-hybridized carbons (Fsp3) is 0.450. The van der Waals surface area contributed by atoms with Crippen molar-refractivity contribution in [3.8, 4) is 5.88 Å². The molecule has 1 N–H and O–H groups in total. The number of aromatic nitrogens is 2. The standard InChI is InChI=1S/C20H26N4O3/c1-15-4-3-5-17(12-15)13-19(25)21-6-9-27-20-14-18(22-16(2)23-20)24-7-10-26-11-8-24/h3-5,12,14H,6-11,13H2,1-2H3,(H,21,25). The van der Waals surface area contributed by atoms with E-state index in [4.69, 9.17) is 9.47 Å². The molecule has 144 valence electrons. The molecule has 1 aliphatic heterocycles. The number of carbonyl (C=O) groups excluding carboxylic acids is 1. The second-order valence-electron chi connectivity index (χ2n) is 6.58. The first-order valence-corrected chi connectivity index (χ1v) is 9.23. The highest BCUT2D eigenvalue weighted by Gasteiger charge is 2.14. The van der Waals surface area contributed by atoms with Gasteiger partial charge in [0.25, 0.3) is 0 Å². The van der Waals surface area contributed by atoms with E-state index in [0.717, 1.165) is 30.0 Å². The monoisotopic (exact) mass is 370 g/mol. The van der Waals surface area contributed by atoms with Gasteiger partial charge in [-0.15, -0.1) is 0 Å². The van der Waals surface area contributed by atoms with Crippen LogP contribution in [0.4, 0.5) is 5.82 Å². The van der Waals surface area contributed by atoms with E-state index in [1.807, 2.05) is 44.2 Å². The number of ether oxygens (including phenoxy) is 2. The van der Waals surface area contributed by atoms with Crippen LogP contribution in [0, 0.1) is 13.8 Å². The van der Waals surface area contributed by atoms with Gasteiger partial charge in [-0.25, -0.2) is 4.98 Å². The molecule has 1 amide bonds. The molecule has 2 aromatic rings. The normalized spacial score (nSPS) is 14.1. The van der Waals surface area contributed by atoms with E-state index in [2.05, 4.69) is 20.2 Å². The number of benzene rings is 1. The molecule has 7 heteroatoms. The molecule has 0 bridgehead atoms. The molecule has 0 unspecified atom stereocenters. The van der Waals surface area contributed by atoms with Gasteiger partial charge in [-0.1, -0.05) is 29.8 Å². The van der Waals surface area contributed by atoms with Crippen LogP contribution in [-0.4, -0.2) is 55.3 Å². The third kappa shape index (κ3) is 5.92. The molecule has 3 rings (SSSR count). The molecule has 27 heavy (non-hydrogen) atoms. The fourth-order valence-corrected chi connectivity index (χ4v) is 2.97. The SMILES string of the molecule is Cc1cccc(CC(=O)NCCOc2cc(N3CCOCC3)nc(C)n2)c1. The Bertz CT molecular complexity index is 776. The summed E-state index contributed by atoms with van der Waals surface area (Å²) >= 11 is 0. The van der Waals surface area contributed by atoms with Crippen LogP contribution in [0.3, 0.4) is 0 Å². The van der Waals surface area contributed by atoms with Crippen molar-refractivity contribution < 1.29 is 14.3 Å². The lowest BCUT2D eigenvalue weighted by molar-refractivity contribution is -0.120. The van der Waals surface area contributed by atoms with Crippen molar-refractivity contribution >= 4 is 11.7 Å². The molecule has 1 aromatic carbocycles. The lowest BCUT2D eigenvalue weighted by Crippen LogP contribution is -2.37. The number of amides is 1. The van der Waals surface area contributed by atoms with Crippen molar-refractivity contribution in [3.05, 3.63) is 47.3 Å². The molecule has 1 fully saturated rings. The maximum absolute atomic E-state index is 12.0. The lowest BCUT2D eigenvalue weighted by atomic mass is 10.1. The third-order valence-electron chi connectivity index (χ3n) is 4.26. The van der Waals surface area contributed by atoms with E-state index in [1.54, 1.807) is 0 Å². The minimum Gasteiger partial charge on any atom is -0.476 e. The summed E-state index contributed by atoms with van der Waals surface area (Å²) in [4.78, 5) is 23.0. The Kier molecular flexibility index (Phi) is 6.59. The smallest absolute Gasteiger partial charge is 0.224 e. The predicted octanol–water partition coefficient (Wildman–Crippen LogP) is 1.67. The van der Waals surface area contributed by atoms with Crippen molar-refractivity contribution in [3.63, 3.8) is 0 Å². The molecule has 7 nitrogen and oxygen atoms in total. The van der Waals surface area contributed by atoms with Gasteiger partial charge in [0.05, 0.1) is 26.2 Å². The van der Waals surface area contributed by atoms with Crippen LogP contribution in [0.25, 0.3) is 0 Å². The molecule has 1 aromatic heterocycles. The number of rotatable bonds is 7. The highest BCUT2D eigenvalue weighted by atomic mass is 16.5. The van der Waals surface area contributed by atoms with Gasteiger partial charge in [0.1, 0.15) is 18.2 Å². The number of morpholine rings is 1. The molecule has 0 spiro atoms. The van der Waals surface area contributed by atoms with E-state index in [-0.39, 0.29) is 5.91 Å². The summed E-state index contributed by atoms with van der Waals surface area (Å²) in [5.41, 5.74) is 2.16. The van der Waals surface area contributed by atoms with Gasteiger partial charge < -0.3 is 19.7 Å². The van der Waals surface area contributed by atoms with Crippen LogP contribution in [0.5, 0.6) is 5.88 Å². The summed E-state index contributed by atoms with van der Waals surface area (Å²) in [6, 6.07) is 9.80. The topological polar surface area (TPSA) is 76.6 Å². The number of nitrogens with one attached hydrogen (secondary N) is 1. The summed E-state index contributed by atoms with van der Waals surface area (Å²) in [7, 11) is 0. The van der Waals surface area contributed by atoms with Gasteiger partial charge in [-0.05, 0) is 19.4 Å². The summed E-state index contributed by atoms with van der Waals surface area (Å²) in [5, 5.41) is 2.88. The fourth-order valence-electron chi connectivity index (χ4n) is 2.97. The highest BCUT2D eigenvalue weighted by Crippen LogP contribution is 2.18. The quantitative estimate of drug-likeness (QED) is 0.747. The van der Waals surface area contributed by atoms with E-state index in [1.165, 1.54) is 0 Å². The zero-order chi connectivity index (χ0) is 19.1. The lowest BCUT2D eigenvalue weighted by Gasteiger charge is -2.28. The maximum atomic E-state index is 12.0. The van der Waals surface area contributed by atoms with Crippen molar-refractivity contribution in [2.75, 3.05) is 44.4 Å². The zero-order valence-electron chi connectivity index (χ0n) is 15.9. The van der Waals surface area contributed by atoms with Gasteiger partial charge in [-0.2, -0.15) is 4.98 Å². The van der Waals surface area contributed by atoms with Gasteiger partial charge in [-0.3, -0.25) is 4.79 Å². The molecule has 0 saturated carbocycles. The van der Waals surface area contributed by atoms with Gasteiger partial charge in [0, 0.05) is 19.2 Å². The molecule has 2 heterocycles. The van der Waals surface area contributed by atoms with E-state index in [9.17, 15) is 4.79 Å². The van der Waals surface area contributed by atoms with Crippen molar-refractivity contribution in [1.29, 1.82) is 0 Å². The summed E-state index contributed by atoms with van der Waals surface area (Å²) in [6.45, 7) is 7.68. The third-order valence-corrected chi connectivity index (χ3v) is 4.26. The highest BCUT2D eigenvalue weighted by molar-refractivity contribution is 5.78. The number of anilines is 1. The average Bonchev–Trinajstić information content (AvgIpc) is 2.65. The summed E-state index contributed by atoms with van der Waals surface area (Å²) in [5.74, 6) is 2.02. The van der Waals surface area contributed by atoms with Gasteiger partial charge in [0.15, 0.2) is 0 Å². The summed E-state index contributed by atoms with van der Waals surface area (Å²) < 4.78 is 11.1. The minimum atomic E-state index is -0.0166. The zero-order valence-corrected chi connectivity index (χ0v) is 15.9. The molecule has 1 aliphatic rings. The Morgan fingerprint density at radius 2 is 2.04 bits per heavy atom. The minimum absolute atomic E-state index is 0.0166. The molecule has 0 radical (unpaired) electrons. The number of carbonyl (C=O) groups is 1. The first-order chi connectivity index (χ1) is 13.1. The largest absolute Gasteiger partial charge is 0.476 e. The molecule has 0 aliphatic carbocycles. The second-order valence-corrected chi connectivity index (χ2v) is 6.58. The Hall–Kier alpha value is -2.67. The Morgan fingerprint density at radius 1 is 1.22 bits per heavy atom. The molecular weight excluding hydrogens is 344 g/mol. The van der Waals surface area contributed by atoms with Crippen LogP contribution in [0.1, 0.15) is 17.0 Å². The van der Waals surface area contributed by atoms with Crippen molar-refractivity contribution in [2.45, 2.75) is 20.3 Å². The average molecular weight is 370 g/mol. The number of hydrogen-bond donors (Lipinski definition) is 1. The van der Waals surface area contributed by atoms with Crippen LogP contribution in [-0.2, 0) is 16.0 Å². The number of nitrogens with zero attached hydrogens (tertiary/aromatic N) is 3. The Labute approximate surface area is 159 Å². The Morgan fingerprint density at radius 3 is 2.81 bits per heavy atom. The number of hydrogen-bond acceptors (Lipinski definition) is 6. The van der Waals surface area contributed by atoms with Crippen molar-refractivity contribution in [1.82, 2.24) is 15.3 Å². The van der Waals surface area contributed by atoms with Crippen LogP contribution < -0.4 is 15.0 Å². The number of aryl methyl sites for hydroxylation is 2. The molecular formula is C20H26N4O3. The van der Waals surface area contributed by atoms with E-state index in [0.29, 0.717) is 44.5 Å². The first kappa shape index (κ1) is 19.1. The van der Waals surface area contributed by atoms with Gasteiger partial charge >= 0.3 is 0 Å².